The largest absolute Gasteiger partial charge is 0.393 e. The fraction of sp³-hybridized carbons (Fsp3) is 0.538. The van der Waals surface area contributed by atoms with E-state index in [-0.39, 0.29) is 23.7 Å². The lowest BCUT2D eigenvalue weighted by Crippen LogP contribution is -2.32. The lowest BCUT2D eigenvalue weighted by molar-refractivity contribution is 0.0920. The Hall–Kier alpha value is -1.20. The van der Waals surface area contributed by atoms with Gasteiger partial charge >= 0.3 is 0 Å². The summed E-state index contributed by atoms with van der Waals surface area (Å²) in [4.78, 5) is 23.5. The molecule has 0 saturated heterocycles. The number of carbonyl (C=O) groups is 2. The Labute approximate surface area is 110 Å². The number of aliphatic hydroxyl groups excluding tert-OH is 1. The fourth-order valence-electron chi connectivity index (χ4n) is 2.21. The first-order chi connectivity index (χ1) is 8.58. The predicted octanol–water partition coefficient (Wildman–Crippen LogP) is 1.84. The maximum atomic E-state index is 11.9. The van der Waals surface area contributed by atoms with Gasteiger partial charge in [0.05, 0.1) is 11.0 Å². The number of hydrogen-bond donors (Lipinski definition) is 2. The third-order valence-electron chi connectivity index (χ3n) is 3.37. The molecule has 1 fully saturated rings. The van der Waals surface area contributed by atoms with Crippen LogP contribution in [0.2, 0.25) is 0 Å². The van der Waals surface area contributed by atoms with Gasteiger partial charge in [-0.2, -0.15) is 0 Å². The van der Waals surface area contributed by atoms with Crippen molar-refractivity contribution in [2.75, 3.05) is 6.54 Å². The van der Waals surface area contributed by atoms with E-state index in [2.05, 4.69) is 5.32 Å². The van der Waals surface area contributed by atoms with Crippen LogP contribution in [0, 0.1) is 5.92 Å². The maximum absolute atomic E-state index is 11.9. The van der Waals surface area contributed by atoms with Crippen LogP contribution in [-0.2, 0) is 0 Å². The van der Waals surface area contributed by atoms with Crippen molar-refractivity contribution in [1.82, 2.24) is 5.32 Å². The highest BCUT2D eigenvalue weighted by molar-refractivity contribution is 7.12. The van der Waals surface area contributed by atoms with Gasteiger partial charge < -0.3 is 10.4 Å². The number of ketones is 1. The molecule has 1 aliphatic carbocycles. The minimum atomic E-state index is -0.290. The molecule has 98 valence electrons. The minimum Gasteiger partial charge on any atom is -0.393 e. The van der Waals surface area contributed by atoms with Gasteiger partial charge in [0.1, 0.15) is 0 Å². The summed E-state index contributed by atoms with van der Waals surface area (Å²) in [5.41, 5.74) is 0.575. The van der Waals surface area contributed by atoms with Gasteiger partial charge in [-0.05, 0) is 25.8 Å². The number of thiophene rings is 1. The van der Waals surface area contributed by atoms with Gasteiger partial charge in [0.25, 0.3) is 5.91 Å². The van der Waals surface area contributed by atoms with Crippen molar-refractivity contribution in [2.24, 2.45) is 5.92 Å². The molecule has 0 bridgehead atoms. The van der Waals surface area contributed by atoms with Gasteiger partial charge in [-0.3, -0.25) is 9.59 Å². The molecule has 0 aliphatic heterocycles. The maximum Gasteiger partial charge on any atom is 0.261 e. The summed E-state index contributed by atoms with van der Waals surface area (Å²) in [5, 5.41) is 14.2. The summed E-state index contributed by atoms with van der Waals surface area (Å²) in [5.74, 6) is -0.0238. The van der Waals surface area contributed by atoms with Crippen LogP contribution in [0.5, 0.6) is 0 Å². The molecule has 18 heavy (non-hydrogen) atoms. The monoisotopic (exact) mass is 267 g/mol. The third kappa shape index (κ3) is 2.97. The van der Waals surface area contributed by atoms with Gasteiger partial charge in [-0.25, -0.2) is 0 Å². The number of aliphatic hydroxyl groups is 1. The van der Waals surface area contributed by atoms with Crippen LogP contribution >= 0.6 is 11.3 Å². The first-order valence-corrected chi connectivity index (χ1v) is 7.01. The average Bonchev–Trinajstić information content (AvgIpc) is 2.94. The molecule has 0 aromatic carbocycles. The van der Waals surface area contributed by atoms with E-state index in [0.717, 1.165) is 19.3 Å². The van der Waals surface area contributed by atoms with Gasteiger partial charge in [-0.15, -0.1) is 11.3 Å². The summed E-state index contributed by atoms with van der Waals surface area (Å²) < 4.78 is 0. The average molecular weight is 267 g/mol. The molecule has 1 saturated carbocycles. The third-order valence-corrected chi connectivity index (χ3v) is 4.30. The number of hydrogen-bond acceptors (Lipinski definition) is 4. The van der Waals surface area contributed by atoms with Crippen LogP contribution in [-0.4, -0.2) is 29.4 Å². The van der Waals surface area contributed by atoms with E-state index in [9.17, 15) is 14.7 Å². The number of amides is 1. The van der Waals surface area contributed by atoms with Gasteiger partial charge in [0.2, 0.25) is 0 Å². The van der Waals surface area contributed by atoms with E-state index in [4.69, 9.17) is 0 Å². The quantitative estimate of drug-likeness (QED) is 0.818. The van der Waals surface area contributed by atoms with Gasteiger partial charge in [0.15, 0.2) is 5.78 Å². The molecular weight excluding hydrogens is 250 g/mol. The molecule has 0 radical (unpaired) electrons. The van der Waals surface area contributed by atoms with Crippen molar-refractivity contribution in [3.8, 4) is 0 Å². The Morgan fingerprint density at radius 1 is 1.50 bits per heavy atom. The Morgan fingerprint density at radius 3 is 2.83 bits per heavy atom. The van der Waals surface area contributed by atoms with Crippen LogP contribution in [0.15, 0.2) is 11.4 Å². The summed E-state index contributed by atoms with van der Waals surface area (Å²) in [7, 11) is 0. The second-order valence-corrected chi connectivity index (χ2v) is 5.64. The molecular formula is C13H17NO3S. The predicted molar refractivity (Wildman–Crippen MR) is 70.0 cm³/mol. The molecule has 1 heterocycles. The highest BCUT2D eigenvalue weighted by atomic mass is 32.1. The molecule has 2 N–H and O–H groups in total. The fourth-order valence-corrected chi connectivity index (χ4v) is 3.07. The molecule has 5 heteroatoms. The molecule has 0 spiro atoms. The number of nitrogens with one attached hydrogen (secondary N) is 1. The summed E-state index contributed by atoms with van der Waals surface area (Å²) in [6.07, 6.45) is 2.52. The second-order valence-electron chi connectivity index (χ2n) is 4.72. The Morgan fingerprint density at radius 2 is 2.28 bits per heavy atom. The van der Waals surface area contributed by atoms with Crippen molar-refractivity contribution in [2.45, 2.75) is 32.3 Å². The second kappa shape index (κ2) is 5.63. The zero-order valence-corrected chi connectivity index (χ0v) is 11.1. The van der Waals surface area contributed by atoms with Crippen LogP contribution in [0.3, 0.4) is 0 Å². The molecule has 1 amide bonds. The number of Topliss-reactive ketones (excluding diaryl/α,β-unsaturated/α-hetero) is 1. The van der Waals surface area contributed by atoms with Crippen molar-refractivity contribution in [3.63, 3.8) is 0 Å². The van der Waals surface area contributed by atoms with E-state index in [1.807, 2.05) is 0 Å². The van der Waals surface area contributed by atoms with E-state index in [0.29, 0.717) is 17.0 Å². The van der Waals surface area contributed by atoms with Crippen molar-refractivity contribution in [3.05, 3.63) is 21.9 Å². The Bertz CT molecular complexity index is 455. The number of carbonyl (C=O) groups excluding carboxylic acids is 2. The molecule has 2 rings (SSSR count). The highest BCUT2D eigenvalue weighted by Crippen LogP contribution is 2.25. The summed E-state index contributed by atoms with van der Waals surface area (Å²) >= 11 is 1.27. The van der Waals surface area contributed by atoms with Crippen molar-refractivity contribution >= 4 is 23.0 Å². The highest BCUT2D eigenvalue weighted by Gasteiger charge is 2.25. The molecule has 1 aliphatic rings. The van der Waals surface area contributed by atoms with Crippen molar-refractivity contribution < 1.29 is 14.7 Å². The SMILES string of the molecule is CC(=O)c1csc(C(=O)NCC2CCCC2O)c1. The van der Waals surface area contributed by atoms with Crippen LogP contribution in [0.4, 0.5) is 0 Å². The van der Waals surface area contributed by atoms with E-state index < -0.39 is 0 Å². The zero-order chi connectivity index (χ0) is 13.1. The van der Waals surface area contributed by atoms with E-state index in [1.54, 1.807) is 11.4 Å². The normalized spacial score (nSPS) is 23.0. The zero-order valence-electron chi connectivity index (χ0n) is 10.3. The minimum absolute atomic E-state index is 0.0310. The smallest absolute Gasteiger partial charge is 0.261 e. The van der Waals surface area contributed by atoms with E-state index >= 15 is 0 Å². The van der Waals surface area contributed by atoms with Gasteiger partial charge in [0, 0.05) is 23.4 Å². The molecule has 2 unspecified atom stereocenters. The topological polar surface area (TPSA) is 66.4 Å². The van der Waals surface area contributed by atoms with Crippen LogP contribution in [0.1, 0.15) is 46.2 Å². The lowest BCUT2D eigenvalue weighted by atomic mass is 10.1. The first kappa shape index (κ1) is 13.2. The summed E-state index contributed by atoms with van der Waals surface area (Å²) in [6.45, 7) is 1.99. The van der Waals surface area contributed by atoms with E-state index in [1.165, 1.54) is 18.3 Å². The Balaban J connectivity index is 1.89. The summed E-state index contributed by atoms with van der Waals surface area (Å²) in [6, 6.07) is 1.62. The number of rotatable bonds is 4. The van der Waals surface area contributed by atoms with Crippen molar-refractivity contribution in [1.29, 1.82) is 0 Å². The van der Waals surface area contributed by atoms with Crippen LogP contribution in [0.25, 0.3) is 0 Å². The molecule has 1 aromatic rings. The molecule has 4 nitrogen and oxygen atoms in total. The molecule has 1 aromatic heterocycles. The Kier molecular flexibility index (Phi) is 4.14. The van der Waals surface area contributed by atoms with Gasteiger partial charge in [-0.1, -0.05) is 6.42 Å². The standard InChI is InChI=1S/C13H17NO3S/c1-8(15)10-5-12(18-7-10)13(17)14-6-9-3-2-4-11(9)16/h5,7,9,11,16H,2-4,6H2,1H3,(H,14,17). The van der Waals surface area contributed by atoms with Crippen LogP contribution < -0.4 is 5.32 Å². The molecule has 2 atom stereocenters. The first-order valence-electron chi connectivity index (χ1n) is 6.13. The lowest BCUT2D eigenvalue weighted by Gasteiger charge is -2.14.